The molecule has 0 saturated heterocycles. The number of halogens is 1. The number of sulfonamides is 1. The van der Waals surface area contributed by atoms with Crippen LogP contribution in [-0.4, -0.2) is 39.8 Å². The van der Waals surface area contributed by atoms with Crippen LogP contribution in [0.5, 0.6) is 5.75 Å². The Bertz CT molecular complexity index is 972. The highest BCUT2D eigenvalue weighted by Gasteiger charge is 2.30. The third kappa shape index (κ3) is 6.37. The van der Waals surface area contributed by atoms with Gasteiger partial charge in [-0.05, 0) is 68.7 Å². The van der Waals surface area contributed by atoms with E-state index in [-0.39, 0.29) is 13.2 Å². The van der Waals surface area contributed by atoms with Crippen LogP contribution < -0.4 is 14.4 Å². The maximum absolute atomic E-state index is 12.6. The summed E-state index contributed by atoms with van der Waals surface area (Å²) in [6.45, 7) is 7.81. The third-order valence-electron chi connectivity index (χ3n) is 4.36. The number of amides is 1. The largest absolute Gasteiger partial charge is 0.492 e. The van der Waals surface area contributed by atoms with Crippen LogP contribution in [0, 0.1) is 20.8 Å². The molecule has 0 heterocycles. The standard InChI is InChI=1S/C21H27ClN2O4S/c1-14-10-15(2)12-19(11-14)28-9-8-23-21(25)17(4)24(29(5,26)27)20-13-18(22)7-6-16(20)3/h6-7,10-13,17H,8-9H2,1-5H3,(H,23,25)/t17-/m0/s1. The Labute approximate surface area is 177 Å². The Morgan fingerprint density at radius 3 is 2.34 bits per heavy atom. The van der Waals surface area contributed by atoms with Gasteiger partial charge in [0.25, 0.3) is 0 Å². The molecular weight excluding hydrogens is 412 g/mol. The molecule has 0 unspecified atom stereocenters. The molecule has 0 aliphatic rings. The van der Waals surface area contributed by atoms with E-state index >= 15 is 0 Å². The lowest BCUT2D eigenvalue weighted by Gasteiger charge is -2.29. The molecule has 0 aliphatic carbocycles. The molecule has 158 valence electrons. The molecule has 8 heteroatoms. The minimum atomic E-state index is -3.70. The van der Waals surface area contributed by atoms with Crippen molar-refractivity contribution < 1.29 is 17.9 Å². The average Bonchev–Trinajstić information content (AvgIpc) is 2.59. The summed E-state index contributed by atoms with van der Waals surface area (Å²) in [5.74, 6) is 0.316. The number of benzene rings is 2. The molecule has 29 heavy (non-hydrogen) atoms. The Morgan fingerprint density at radius 2 is 1.76 bits per heavy atom. The monoisotopic (exact) mass is 438 g/mol. The van der Waals surface area contributed by atoms with Crippen LogP contribution in [0.15, 0.2) is 36.4 Å². The van der Waals surface area contributed by atoms with E-state index in [1.54, 1.807) is 32.0 Å². The Kier molecular flexibility index (Phi) is 7.54. The Hall–Kier alpha value is -2.25. The van der Waals surface area contributed by atoms with Gasteiger partial charge in [-0.15, -0.1) is 0 Å². The maximum atomic E-state index is 12.6. The predicted octanol–water partition coefficient (Wildman–Crippen LogP) is 3.61. The molecular formula is C21H27ClN2O4S. The van der Waals surface area contributed by atoms with Gasteiger partial charge in [0.1, 0.15) is 18.4 Å². The van der Waals surface area contributed by atoms with E-state index < -0.39 is 22.0 Å². The fourth-order valence-electron chi connectivity index (χ4n) is 3.11. The van der Waals surface area contributed by atoms with E-state index in [0.717, 1.165) is 27.4 Å². The van der Waals surface area contributed by atoms with Gasteiger partial charge in [-0.25, -0.2) is 8.42 Å². The number of carbonyl (C=O) groups is 1. The molecule has 0 fully saturated rings. The van der Waals surface area contributed by atoms with Crippen molar-refractivity contribution in [1.82, 2.24) is 5.32 Å². The van der Waals surface area contributed by atoms with Gasteiger partial charge < -0.3 is 10.1 Å². The normalized spacial score (nSPS) is 12.3. The summed E-state index contributed by atoms with van der Waals surface area (Å²) in [5, 5.41) is 3.13. The van der Waals surface area contributed by atoms with Gasteiger partial charge in [0, 0.05) is 5.02 Å². The van der Waals surface area contributed by atoms with Crippen molar-refractivity contribution in [3.63, 3.8) is 0 Å². The van der Waals surface area contributed by atoms with Gasteiger partial charge in [0.05, 0.1) is 18.5 Å². The van der Waals surface area contributed by atoms with Gasteiger partial charge in [-0.2, -0.15) is 0 Å². The van der Waals surface area contributed by atoms with E-state index in [4.69, 9.17) is 16.3 Å². The second kappa shape index (κ2) is 9.50. The Balaban J connectivity index is 2.05. The first kappa shape index (κ1) is 23.0. The second-order valence-electron chi connectivity index (χ2n) is 7.13. The van der Waals surface area contributed by atoms with Crippen LogP contribution in [0.1, 0.15) is 23.6 Å². The highest BCUT2D eigenvalue weighted by atomic mass is 35.5. The van der Waals surface area contributed by atoms with Gasteiger partial charge in [0.2, 0.25) is 15.9 Å². The molecule has 0 bridgehead atoms. The SMILES string of the molecule is Cc1cc(C)cc(OCCNC(=O)[C@H](C)N(c2cc(Cl)ccc2C)S(C)(=O)=O)c1. The second-order valence-corrected chi connectivity index (χ2v) is 9.42. The third-order valence-corrected chi connectivity index (χ3v) is 5.82. The van der Waals surface area contributed by atoms with Gasteiger partial charge in [-0.3, -0.25) is 9.10 Å². The maximum Gasteiger partial charge on any atom is 0.243 e. The molecule has 0 radical (unpaired) electrons. The number of ether oxygens (including phenoxy) is 1. The molecule has 0 aliphatic heterocycles. The summed E-state index contributed by atoms with van der Waals surface area (Å²) in [5.41, 5.74) is 3.28. The van der Waals surface area contributed by atoms with E-state index in [1.165, 1.54) is 0 Å². The van der Waals surface area contributed by atoms with Gasteiger partial charge in [-0.1, -0.05) is 23.7 Å². The van der Waals surface area contributed by atoms with Crippen LogP contribution in [0.25, 0.3) is 0 Å². The lowest BCUT2D eigenvalue weighted by Crippen LogP contribution is -2.48. The van der Waals surface area contributed by atoms with Crippen molar-refractivity contribution in [3.05, 3.63) is 58.1 Å². The van der Waals surface area contributed by atoms with Crippen molar-refractivity contribution in [2.24, 2.45) is 0 Å². The molecule has 1 N–H and O–H groups in total. The minimum Gasteiger partial charge on any atom is -0.492 e. The molecule has 1 atom stereocenters. The predicted molar refractivity (Wildman–Crippen MR) is 117 cm³/mol. The summed E-state index contributed by atoms with van der Waals surface area (Å²) in [6.07, 6.45) is 1.07. The smallest absolute Gasteiger partial charge is 0.243 e. The highest BCUT2D eigenvalue weighted by molar-refractivity contribution is 7.92. The summed E-state index contributed by atoms with van der Waals surface area (Å²) < 4.78 is 31.6. The molecule has 6 nitrogen and oxygen atoms in total. The van der Waals surface area contributed by atoms with E-state index in [0.29, 0.717) is 16.3 Å². The van der Waals surface area contributed by atoms with Crippen molar-refractivity contribution in [1.29, 1.82) is 0 Å². The summed E-state index contributed by atoms with van der Waals surface area (Å²) >= 11 is 6.04. The number of aryl methyl sites for hydroxylation is 3. The number of hydrogen-bond acceptors (Lipinski definition) is 4. The topological polar surface area (TPSA) is 75.7 Å². The van der Waals surface area contributed by atoms with Gasteiger partial charge in [0.15, 0.2) is 0 Å². The first-order valence-corrected chi connectivity index (χ1v) is 11.5. The quantitative estimate of drug-likeness (QED) is 0.639. The van der Waals surface area contributed by atoms with Crippen molar-refractivity contribution >= 4 is 33.2 Å². The number of nitrogens with zero attached hydrogens (tertiary/aromatic N) is 1. The molecule has 0 saturated carbocycles. The van der Waals surface area contributed by atoms with E-state index in [9.17, 15) is 13.2 Å². The lowest BCUT2D eigenvalue weighted by molar-refractivity contribution is -0.121. The first-order chi connectivity index (χ1) is 13.5. The number of hydrogen-bond donors (Lipinski definition) is 1. The number of carbonyl (C=O) groups excluding carboxylic acids is 1. The Morgan fingerprint density at radius 1 is 1.14 bits per heavy atom. The zero-order valence-electron chi connectivity index (χ0n) is 17.3. The van der Waals surface area contributed by atoms with Crippen molar-refractivity contribution in [2.75, 3.05) is 23.7 Å². The summed E-state index contributed by atoms with van der Waals surface area (Å²) in [7, 11) is -3.70. The van der Waals surface area contributed by atoms with Crippen LogP contribution >= 0.6 is 11.6 Å². The molecule has 2 rings (SSSR count). The molecule has 1 amide bonds. The van der Waals surface area contributed by atoms with Crippen LogP contribution in [0.2, 0.25) is 5.02 Å². The molecule has 2 aromatic carbocycles. The number of nitrogens with one attached hydrogen (secondary N) is 1. The van der Waals surface area contributed by atoms with E-state index in [2.05, 4.69) is 5.32 Å². The number of rotatable bonds is 8. The summed E-state index contributed by atoms with van der Waals surface area (Å²) in [4.78, 5) is 12.6. The van der Waals surface area contributed by atoms with Crippen molar-refractivity contribution in [2.45, 2.75) is 33.7 Å². The first-order valence-electron chi connectivity index (χ1n) is 9.23. The fourth-order valence-corrected chi connectivity index (χ4v) is 4.50. The van der Waals surface area contributed by atoms with Crippen LogP contribution in [-0.2, 0) is 14.8 Å². The van der Waals surface area contributed by atoms with E-state index in [1.807, 2.05) is 32.0 Å². The fraction of sp³-hybridized carbons (Fsp3) is 0.381. The zero-order chi connectivity index (χ0) is 21.8. The average molecular weight is 439 g/mol. The zero-order valence-corrected chi connectivity index (χ0v) is 18.9. The minimum absolute atomic E-state index is 0.252. The molecule has 0 spiro atoms. The highest BCUT2D eigenvalue weighted by Crippen LogP contribution is 2.28. The molecule has 0 aromatic heterocycles. The van der Waals surface area contributed by atoms with Crippen molar-refractivity contribution in [3.8, 4) is 5.75 Å². The van der Waals surface area contributed by atoms with Crippen LogP contribution in [0.4, 0.5) is 5.69 Å². The van der Waals surface area contributed by atoms with Gasteiger partial charge >= 0.3 is 0 Å². The van der Waals surface area contributed by atoms with Crippen LogP contribution in [0.3, 0.4) is 0 Å². The summed E-state index contributed by atoms with van der Waals surface area (Å²) in [6, 6.07) is 9.89. The number of anilines is 1. The lowest BCUT2D eigenvalue weighted by atomic mass is 10.1. The molecule has 2 aromatic rings.